The molecule has 0 radical (unpaired) electrons. The van der Waals surface area contributed by atoms with Gasteiger partial charge >= 0.3 is 5.97 Å². The summed E-state index contributed by atoms with van der Waals surface area (Å²) in [6, 6.07) is 0. The van der Waals surface area contributed by atoms with Crippen LogP contribution in [0.4, 0.5) is 0 Å². The van der Waals surface area contributed by atoms with Crippen molar-refractivity contribution in [1.82, 2.24) is 4.98 Å². The Kier molecular flexibility index (Phi) is 3.85. The van der Waals surface area contributed by atoms with E-state index in [1.165, 1.54) is 4.88 Å². The fourth-order valence-electron chi connectivity index (χ4n) is 1.18. The molecule has 1 rings (SSSR count). The van der Waals surface area contributed by atoms with Crippen LogP contribution in [0, 0.1) is 6.92 Å². The summed E-state index contributed by atoms with van der Waals surface area (Å²) >= 11 is 1.61. The molecule has 0 saturated heterocycles. The van der Waals surface area contributed by atoms with Crippen molar-refractivity contribution in [3.05, 3.63) is 16.1 Å². The fraction of sp³-hybridized carbons (Fsp3) is 0.636. The van der Waals surface area contributed by atoms with Crippen molar-refractivity contribution < 1.29 is 9.53 Å². The second kappa shape index (κ2) is 4.75. The van der Waals surface area contributed by atoms with E-state index < -0.39 is 5.60 Å². The van der Waals surface area contributed by atoms with Crippen molar-refractivity contribution >= 4 is 17.3 Å². The summed E-state index contributed by atoms with van der Waals surface area (Å²) in [6.45, 7) is 7.64. The number of rotatable bonds is 3. The summed E-state index contributed by atoms with van der Waals surface area (Å²) < 4.78 is 5.21. The molecular formula is C11H17NO2S. The van der Waals surface area contributed by atoms with Crippen molar-refractivity contribution in [2.45, 2.75) is 46.1 Å². The SMILES string of the molecule is Cc1scnc1CCC(=O)OC(C)(C)C. The molecule has 0 N–H and O–H groups in total. The number of aryl methyl sites for hydroxylation is 2. The van der Waals surface area contributed by atoms with Crippen LogP contribution in [0.5, 0.6) is 0 Å². The van der Waals surface area contributed by atoms with Crippen molar-refractivity contribution in [1.29, 1.82) is 0 Å². The highest BCUT2D eigenvalue weighted by Gasteiger charge is 2.16. The monoisotopic (exact) mass is 227 g/mol. The molecule has 84 valence electrons. The van der Waals surface area contributed by atoms with Gasteiger partial charge in [0.1, 0.15) is 5.60 Å². The Labute approximate surface area is 94.5 Å². The van der Waals surface area contributed by atoms with Crippen LogP contribution in [0.25, 0.3) is 0 Å². The average molecular weight is 227 g/mol. The van der Waals surface area contributed by atoms with Gasteiger partial charge in [-0.05, 0) is 27.7 Å². The molecule has 0 amide bonds. The smallest absolute Gasteiger partial charge is 0.306 e. The third kappa shape index (κ3) is 4.42. The Balaban J connectivity index is 2.38. The maximum absolute atomic E-state index is 11.4. The second-order valence-electron chi connectivity index (χ2n) is 4.44. The minimum atomic E-state index is -0.395. The predicted molar refractivity (Wildman–Crippen MR) is 61.0 cm³/mol. The van der Waals surface area contributed by atoms with E-state index >= 15 is 0 Å². The van der Waals surface area contributed by atoms with Gasteiger partial charge in [-0.15, -0.1) is 11.3 Å². The summed E-state index contributed by atoms with van der Waals surface area (Å²) in [5.74, 6) is -0.157. The molecule has 15 heavy (non-hydrogen) atoms. The van der Waals surface area contributed by atoms with Gasteiger partial charge in [0, 0.05) is 11.3 Å². The summed E-state index contributed by atoms with van der Waals surface area (Å²) in [4.78, 5) is 16.8. The highest BCUT2D eigenvalue weighted by Crippen LogP contribution is 2.14. The molecule has 0 bridgehead atoms. The molecular weight excluding hydrogens is 210 g/mol. The molecule has 4 heteroatoms. The van der Waals surface area contributed by atoms with Gasteiger partial charge in [-0.2, -0.15) is 0 Å². The Bertz CT molecular complexity index is 339. The lowest BCUT2D eigenvalue weighted by Gasteiger charge is -2.19. The lowest BCUT2D eigenvalue weighted by atomic mass is 10.2. The molecule has 0 aliphatic carbocycles. The highest BCUT2D eigenvalue weighted by molar-refractivity contribution is 7.09. The van der Waals surface area contributed by atoms with Gasteiger partial charge in [-0.3, -0.25) is 4.79 Å². The maximum atomic E-state index is 11.4. The van der Waals surface area contributed by atoms with Crippen LogP contribution < -0.4 is 0 Å². The number of ether oxygens (including phenoxy) is 1. The van der Waals surface area contributed by atoms with Crippen LogP contribution in [-0.2, 0) is 16.0 Å². The molecule has 1 heterocycles. The summed E-state index contributed by atoms with van der Waals surface area (Å²) in [5, 5.41) is 0. The number of hydrogen-bond donors (Lipinski definition) is 0. The molecule has 0 unspecified atom stereocenters. The molecule has 0 fully saturated rings. The predicted octanol–water partition coefficient (Wildman–Crippen LogP) is 2.73. The van der Waals surface area contributed by atoms with E-state index in [0.29, 0.717) is 12.8 Å². The first-order valence-electron chi connectivity index (χ1n) is 4.99. The van der Waals surface area contributed by atoms with E-state index in [9.17, 15) is 4.79 Å². The minimum Gasteiger partial charge on any atom is -0.460 e. The van der Waals surface area contributed by atoms with Crippen molar-refractivity contribution in [3.63, 3.8) is 0 Å². The number of thiazole rings is 1. The van der Waals surface area contributed by atoms with Crippen LogP contribution in [-0.4, -0.2) is 16.6 Å². The first kappa shape index (κ1) is 12.2. The number of carbonyl (C=O) groups excluding carboxylic acids is 1. The number of aromatic nitrogens is 1. The Morgan fingerprint density at radius 1 is 1.53 bits per heavy atom. The number of carbonyl (C=O) groups is 1. The third-order valence-electron chi connectivity index (χ3n) is 1.83. The normalized spacial score (nSPS) is 11.5. The van der Waals surface area contributed by atoms with Crippen LogP contribution in [0.2, 0.25) is 0 Å². The van der Waals surface area contributed by atoms with Gasteiger partial charge in [-0.1, -0.05) is 0 Å². The Hall–Kier alpha value is -0.900. The lowest BCUT2D eigenvalue weighted by Crippen LogP contribution is -2.24. The molecule has 0 aliphatic rings. The van der Waals surface area contributed by atoms with E-state index in [1.54, 1.807) is 16.8 Å². The molecule has 0 aromatic carbocycles. The van der Waals surface area contributed by atoms with E-state index in [4.69, 9.17) is 4.74 Å². The molecule has 0 spiro atoms. The van der Waals surface area contributed by atoms with Crippen LogP contribution in [0.1, 0.15) is 37.8 Å². The van der Waals surface area contributed by atoms with Crippen LogP contribution in [0.3, 0.4) is 0 Å². The lowest BCUT2D eigenvalue weighted by molar-refractivity contribution is -0.154. The van der Waals surface area contributed by atoms with E-state index in [1.807, 2.05) is 27.7 Å². The number of hydrogen-bond acceptors (Lipinski definition) is 4. The fourth-order valence-corrected chi connectivity index (χ4v) is 1.81. The largest absolute Gasteiger partial charge is 0.460 e. The molecule has 0 saturated carbocycles. The molecule has 0 aliphatic heterocycles. The van der Waals surface area contributed by atoms with Gasteiger partial charge in [0.05, 0.1) is 17.6 Å². The number of esters is 1. The Morgan fingerprint density at radius 3 is 2.67 bits per heavy atom. The highest BCUT2D eigenvalue weighted by atomic mass is 32.1. The van der Waals surface area contributed by atoms with Gasteiger partial charge in [0.15, 0.2) is 0 Å². The zero-order valence-corrected chi connectivity index (χ0v) is 10.5. The van der Waals surface area contributed by atoms with Gasteiger partial charge < -0.3 is 4.74 Å². The molecule has 1 aromatic heterocycles. The van der Waals surface area contributed by atoms with E-state index in [2.05, 4.69) is 4.98 Å². The average Bonchev–Trinajstić information content (AvgIpc) is 2.44. The summed E-state index contributed by atoms with van der Waals surface area (Å²) in [5.41, 5.74) is 2.42. The quantitative estimate of drug-likeness (QED) is 0.745. The summed E-state index contributed by atoms with van der Waals surface area (Å²) in [7, 11) is 0. The molecule has 1 aromatic rings. The van der Waals surface area contributed by atoms with Crippen LogP contribution in [0.15, 0.2) is 5.51 Å². The second-order valence-corrected chi connectivity index (χ2v) is 5.50. The first-order chi connectivity index (χ1) is 6.88. The zero-order chi connectivity index (χ0) is 11.5. The first-order valence-corrected chi connectivity index (χ1v) is 5.87. The van der Waals surface area contributed by atoms with E-state index in [0.717, 1.165) is 5.69 Å². The standard InChI is InChI=1S/C11H17NO2S/c1-8-9(12-7-15-8)5-6-10(13)14-11(2,3)4/h7H,5-6H2,1-4H3. The van der Waals surface area contributed by atoms with Gasteiger partial charge in [0.25, 0.3) is 0 Å². The molecule has 3 nitrogen and oxygen atoms in total. The van der Waals surface area contributed by atoms with Crippen molar-refractivity contribution in [2.24, 2.45) is 0 Å². The zero-order valence-electron chi connectivity index (χ0n) is 9.66. The van der Waals surface area contributed by atoms with E-state index in [-0.39, 0.29) is 5.97 Å². The molecule has 0 atom stereocenters. The topological polar surface area (TPSA) is 39.2 Å². The number of nitrogens with zero attached hydrogens (tertiary/aromatic N) is 1. The summed E-state index contributed by atoms with van der Waals surface area (Å²) in [6.07, 6.45) is 1.08. The van der Waals surface area contributed by atoms with Gasteiger partial charge in [0.2, 0.25) is 0 Å². The Morgan fingerprint density at radius 2 is 2.20 bits per heavy atom. The van der Waals surface area contributed by atoms with Crippen molar-refractivity contribution in [3.8, 4) is 0 Å². The maximum Gasteiger partial charge on any atom is 0.306 e. The van der Waals surface area contributed by atoms with Crippen molar-refractivity contribution in [2.75, 3.05) is 0 Å². The minimum absolute atomic E-state index is 0.157. The van der Waals surface area contributed by atoms with Crippen LogP contribution >= 0.6 is 11.3 Å². The van der Waals surface area contributed by atoms with Gasteiger partial charge in [-0.25, -0.2) is 4.98 Å². The third-order valence-corrected chi connectivity index (χ3v) is 2.63.